The van der Waals surface area contributed by atoms with Gasteiger partial charge < -0.3 is 35.9 Å². The number of phenols is 1. The van der Waals surface area contributed by atoms with E-state index in [1.165, 1.54) is 12.7 Å². The molecule has 4 heterocycles. The van der Waals surface area contributed by atoms with Crippen LogP contribution in [0.5, 0.6) is 23.0 Å². The number of nitrogens with one attached hydrogen (secondary N) is 1. The number of nitrogens with zero attached hydrogens (tertiary/aromatic N) is 6. The van der Waals surface area contributed by atoms with E-state index in [1.54, 1.807) is 31.4 Å². The number of fused-ring (bicyclic) bond motifs is 2. The molecule has 2 fully saturated rings. The van der Waals surface area contributed by atoms with Gasteiger partial charge in [0.25, 0.3) is 11.7 Å². The maximum absolute atomic E-state index is 14.7. The fourth-order valence-electron chi connectivity index (χ4n) is 9.76. The monoisotopic (exact) mass is 846 g/mol. The number of nitrogens with two attached hydrogens (primary N) is 2. The van der Waals surface area contributed by atoms with Gasteiger partial charge in [-0.25, -0.2) is 19.4 Å². The Balaban J connectivity index is 1.03. The highest BCUT2D eigenvalue weighted by molar-refractivity contribution is 6.31. The number of carbonyl (C=O) groups excluding carboxylic acids is 1. The highest BCUT2D eigenvalue weighted by Crippen LogP contribution is 2.55. The number of nitrogen functional groups attached to an aromatic ring is 2. The number of hydrogen-bond acceptors (Lipinski definition) is 10. The second kappa shape index (κ2) is 15.8. The van der Waals surface area contributed by atoms with Gasteiger partial charge in [-0.2, -0.15) is 4.98 Å². The molecule has 0 saturated heterocycles. The van der Waals surface area contributed by atoms with E-state index in [0.29, 0.717) is 62.6 Å². The number of rotatable bonds is 10. The van der Waals surface area contributed by atoms with Crippen LogP contribution in [0, 0.1) is 0 Å². The molecule has 2 saturated carbocycles. The van der Waals surface area contributed by atoms with E-state index in [1.807, 2.05) is 60.7 Å². The van der Waals surface area contributed by atoms with Crippen molar-refractivity contribution in [3.8, 4) is 34.1 Å². The van der Waals surface area contributed by atoms with Crippen molar-refractivity contribution in [2.24, 2.45) is 0 Å². The summed E-state index contributed by atoms with van der Waals surface area (Å²) in [6.07, 6.45) is 15.4. The SMILES string of the molecule is COc1ccccc1Oc1ccc(C2=C[N+](c3cc(Cl)ccc3C(=O)Nc3ccc(-c4cn(C5CCCC5)c5ncnc(N)c45)cc3O)(C3CCCC3)c3ncnc(N)c32)cc1. The smallest absolute Gasteiger partial charge is 0.261 e. The maximum atomic E-state index is 14.7. The average Bonchev–Trinajstić information content (AvgIpc) is 4.12. The first kappa shape index (κ1) is 39.2. The number of phenolic OH excluding ortho intramolecular Hbond substituents is 1. The predicted octanol–water partition coefficient (Wildman–Crippen LogP) is 10.6. The van der Waals surface area contributed by atoms with E-state index in [2.05, 4.69) is 37.2 Å². The summed E-state index contributed by atoms with van der Waals surface area (Å²) in [5, 5.41) is 15.8. The lowest BCUT2D eigenvalue weighted by Crippen LogP contribution is -2.47. The minimum atomic E-state index is -0.422. The highest BCUT2D eigenvalue weighted by Gasteiger charge is 2.52. The van der Waals surface area contributed by atoms with Gasteiger partial charge in [0.15, 0.2) is 17.2 Å². The number of methoxy groups -OCH3 is 1. The first-order chi connectivity index (χ1) is 30.2. The number of aromatic nitrogens is 5. The molecule has 312 valence electrons. The van der Waals surface area contributed by atoms with Gasteiger partial charge in [0.05, 0.1) is 23.8 Å². The topological polar surface area (TPSA) is 176 Å². The number of amides is 1. The lowest BCUT2D eigenvalue weighted by atomic mass is 10.0. The first-order valence-corrected chi connectivity index (χ1v) is 21.3. The van der Waals surface area contributed by atoms with Gasteiger partial charge in [-0.3, -0.25) is 4.79 Å². The molecule has 3 aromatic heterocycles. The zero-order chi connectivity index (χ0) is 42.5. The molecule has 10 rings (SSSR count). The van der Waals surface area contributed by atoms with Crippen molar-refractivity contribution < 1.29 is 19.4 Å². The number of benzene rings is 4. The van der Waals surface area contributed by atoms with E-state index in [0.717, 1.165) is 84.7 Å². The number of quaternary nitrogens is 1. The van der Waals surface area contributed by atoms with Crippen molar-refractivity contribution in [1.29, 1.82) is 0 Å². The summed E-state index contributed by atoms with van der Waals surface area (Å²) in [6.45, 7) is 0. The molecule has 1 unspecified atom stereocenters. The Morgan fingerprint density at radius 1 is 0.839 bits per heavy atom. The molecule has 0 radical (unpaired) electrons. The molecular weight excluding hydrogens is 802 g/mol. The summed E-state index contributed by atoms with van der Waals surface area (Å²) >= 11 is 6.84. The summed E-state index contributed by atoms with van der Waals surface area (Å²) in [4.78, 5) is 33.0. The summed E-state index contributed by atoms with van der Waals surface area (Å²) < 4.78 is 14.0. The number of aromatic hydroxyl groups is 1. The van der Waals surface area contributed by atoms with Crippen molar-refractivity contribution in [2.75, 3.05) is 23.9 Å². The zero-order valence-corrected chi connectivity index (χ0v) is 34.8. The minimum Gasteiger partial charge on any atom is -0.506 e. The van der Waals surface area contributed by atoms with E-state index in [-0.39, 0.29) is 22.0 Å². The number of hydrogen-bond donors (Lipinski definition) is 4. The van der Waals surface area contributed by atoms with Crippen molar-refractivity contribution in [2.45, 2.75) is 63.5 Å². The lowest BCUT2D eigenvalue weighted by Gasteiger charge is -2.37. The largest absolute Gasteiger partial charge is 0.506 e. The Morgan fingerprint density at radius 2 is 1.55 bits per heavy atom. The quantitative estimate of drug-likeness (QED) is 0.0765. The van der Waals surface area contributed by atoms with Gasteiger partial charge in [0.2, 0.25) is 0 Å². The molecule has 1 atom stereocenters. The zero-order valence-electron chi connectivity index (χ0n) is 34.1. The van der Waals surface area contributed by atoms with Crippen LogP contribution in [-0.4, -0.2) is 48.7 Å². The molecule has 7 aromatic rings. The van der Waals surface area contributed by atoms with Gasteiger partial charge in [-0.15, -0.1) is 0 Å². The summed E-state index contributed by atoms with van der Waals surface area (Å²) in [5.74, 6) is 2.69. The van der Waals surface area contributed by atoms with Gasteiger partial charge >= 0.3 is 0 Å². The van der Waals surface area contributed by atoms with Crippen LogP contribution >= 0.6 is 11.6 Å². The standard InChI is InChI=1S/C48H44ClN9O4/c1-61-40-12-6-7-13-41(40)62-33-18-14-28(15-19-33)36-25-58(32-10-4-5-11-32,47-43(36)45(51)53-27-55-47)38-23-30(49)17-20-34(38)48(60)56-37-21-16-29(22-39(37)59)35-24-57(31-8-2-3-9-31)46-42(35)44(50)52-26-54-46/h6-7,12-27,31-32H,2-5,8-11H2,1H3,(H5-,50,51,52,53,54,55,56,59,60)/p+1. The second-order valence-corrected chi connectivity index (χ2v) is 16.6. The van der Waals surface area contributed by atoms with Crippen LogP contribution in [-0.2, 0) is 0 Å². The second-order valence-electron chi connectivity index (χ2n) is 16.2. The average molecular weight is 847 g/mol. The Hall–Kier alpha value is -6.96. The molecule has 0 bridgehead atoms. The van der Waals surface area contributed by atoms with Crippen LogP contribution in [0.4, 0.5) is 28.8 Å². The van der Waals surface area contributed by atoms with Crippen LogP contribution in [0.25, 0.3) is 27.7 Å². The predicted molar refractivity (Wildman–Crippen MR) is 243 cm³/mol. The summed E-state index contributed by atoms with van der Waals surface area (Å²) in [5.41, 5.74) is 19.1. The maximum Gasteiger partial charge on any atom is 0.261 e. The van der Waals surface area contributed by atoms with Crippen LogP contribution in [0.2, 0.25) is 5.02 Å². The normalized spacial score (nSPS) is 17.6. The van der Waals surface area contributed by atoms with Crippen LogP contribution < -0.4 is 30.7 Å². The van der Waals surface area contributed by atoms with E-state index in [4.69, 9.17) is 37.5 Å². The molecule has 62 heavy (non-hydrogen) atoms. The van der Waals surface area contributed by atoms with Gasteiger partial charge in [-0.1, -0.05) is 54.8 Å². The van der Waals surface area contributed by atoms with Crippen LogP contribution in [0.15, 0.2) is 110 Å². The fourth-order valence-corrected chi connectivity index (χ4v) is 9.93. The fraction of sp³-hybridized carbons (Fsp3) is 0.229. The van der Waals surface area contributed by atoms with Crippen molar-refractivity contribution in [3.63, 3.8) is 0 Å². The number of carbonyl (C=O) groups is 1. The van der Waals surface area contributed by atoms with Crippen molar-refractivity contribution in [3.05, 3.63) is 132 Å². The Kier molecular flexibility index (Phi) is 10.00. The highest BCUT2D eigenvalue weighted by atomic mass is 35.5. The number of para-hydroxylation sites is 2. The molecule has 14 heteroatoms. The first-order valence-electron chi connectivity index (χ1n) is 20.9. The molecule has 6 N–H and O–H groups in total. The molecule has 0 spiro atoms. The van der Waals surface area contributed by atoms with Crippen molar-refractivity contribution in [1.82, 2.24) is 29.0 Å². The Bertz CT molecular complexity index is 2900. The number of anilines is 3. The molecular formula is C48H45ClN9O4+. The number of halogens is 1. The van der Waals surface area contributed by atoms with Gasteiger partial charge in [-0.05, 0) is 85.3 Å². The van der Waals surface area contributed by atoms with Gasteiger partial charge in [0.1, 0.15) is 64.8 Å². The van der Waals surface area contributed by atoms with Crippen LogP contribution in [0.1, 0.15) is 78.9 Å². The molecule has 3 aliphatic rings. The van der Waals surface area contributed by atoms with E-state index in [9.17, 15) is 9.90 Å². The van der Waals surface area contributed by atoms with Crippen molar-refractivity contribution >= 4 is 62.9 Å². The summed E-state index contributed by atoms with van der Waals surface area (Å²) in [7, 11) is 1.61. The molecule has 1 amide bonds. The molecule has 4 aromatic carbocycles. The number of ether oxygens (including phenoxy) is 2. The third-order valence-electron chi connectivity index (χ3n) is 12.7. The van der Waals surface area contributed by atoms with Gasteiger partial charge in [0, 0.05) is 41.7 Å². The molecule has 1 aliphatic heterocycles. The Morgan fingerprint density at radius 3 is 2.31 bits per heavy atom. The summed E-state index contributed by atoms with van der Waals surface area (Å²) in [6, 6.07) is 26.1. The third-order valence-corrected chi connectivity index (χ3v) is 12.9. The third kappa shape index (κ3) is 6.64. The van der Waals surface area contributed by atoms with E-state index >= 15 is 0 Å². The van der Waals surface area contributed by atoms with E-state index < -0.39 is 5.91 Å². The van der Waals surface area contributed by atoms with Crippen LogP contribution in [0.3, 0.4) is 0 Å². The minimum absolute atomic E-state index is 0.00850. The Labute approximate surface area is 363 Å². The lowest BCUT2D eigenvalue weighted by molar-refractivity contribution is 0.102. The molecule has 13 nitrogen and oxygen atoms in total. The molecule has 2 aliphatic carbocycles.